The maximum absolute atomic E-state index is 15.4. The van der Waals surface area contributed by atoms with Gasteiger partial charge in [0.2, 0.25) is 0 Å². The highest BCUT2D eigenvalue weighted by Gasteiger charge is 2.36. The number of benzene rings is 2. The predicted molar refractivity (Wildman–Crippen MR) is 149 cm³/mol. The Hall–Kier alpha value is -3.46. The molecule has 2 aliphatic heterocycles. The Morgan fingerprint density at radius 2 is 1.92 bits per heavy atom. The number of likely N-dealkylation sites (N-methyl/N-ethyl adjacent to an activating group) is 1. The maximum Gasteiger partial charge on any atom is 0.179 e. The molecule has 0 amide bonds. The number of fused-ring (bicyclic) bond motifs is 1. The summed E-state index contributed by atoms with van der Waals surface area (Å²) in [6, 6.07) is 9.65. The van der Waals surface area contributed by atoms with Crippen LogP contribution in [0.3, 0.4) is 0 Å². The molecule has 1 fully saturated rings. The number of nitrogens with zero attached hydrogens (tertiary/aromatic N) is 3. The van der Waals surface area contributed by atoms with Crippen molar-refractivity contribution in [1.82, 2.24) is 4.98 Å². The fraction of sp³-hybridized carbons (Fsp3) is 0.433. The SMILES string of the molecule is CCC(C)N1CC(C)(C)Oc2c(F)cc(-c3cc(Nc4ccc(N(C)C5CCOC5)c(F)c4)ncc3F)cc21. The van der Waals surface area contributed by atoms with Crippen LogP contribution in [0.25, 0.3) is 11.1 Å². The quantitative estimate of drug-likeness (QED) is 0.352. The molecule has 0 bridgehead atoms. The molecule has 5 rings (SSSR count). The molecule has 2 unspecified atom stereocenters. The number of aromatic nitrogens is 1. The zero-order valence-electron chi connectivity index (χ0n) is 23.0. The first-order valence-electron chi connectivity index (χ1n) is 13.4. The summed E-state index contributed by atoms with van der Waals surface area (Å²) in [4.78, 5) is 8.13. The van der Waals surface area contributed by atoms with Gasteiger partial charge in [-0.05, 0) is 75.6 Å². The summed E-state index contributed by atoms with van der Waals surface area (Å²) in [6.45, 7) is 9.82. The van der Waals surface area contributed by atoms with Gasteiger partial charge in [0.15, 0.2) is 11.6 Å². The highest BCUT2D eigenvalue weighted by Crippen LogP contribution is 2.43. The van der Waals surface area contributed by atoms with Gasteiger partial charge in [-0.2, -0.15) is 0 Å². The zero-order chi connectivity index (χ0) is 27.9. The zero-order valence-corrected chi connectivity index (χ0v) is 23.0. The summed E-state index contributed by atoms with van der Waals surface area (Å²) in [5, 5.41) is 3.05. The summed E-state index contributed by atoms with van der Waals surface area (Å²) >= 11 is 0. The summed E-state index contributed by atoms with van der Waals surface area (Å²) in [6.07, 6.45) is 2.79. The Morgan fingerprint density at radius 1 is 1.13 bits per heavy atom. The largest absolute Gasteiger partial charge is 0.481 e. The van der Waals surface area contributed by atoms with Gasteiger partial charge in [-0.15, -0.1) is 0 Å². The summed E-state index contributed by atoms with van der Waals surface area (Å²) in [5.74, 6) is -1.04. The Bertz CT molecular complexity index is 1360. The van der Waals surface area contributed by atoms with Crippen LogP contribution in [0.4, 0.5) is 36.1 Å². The first-order valence-corrected chi connectivity index (χ1v) is 13.4. The van der Waals surface area contributed by atoms with Crippen molar-refractivity contribution in [3.8, 4) is 16.9 Å². The molecule has 0 saturated carbocycles. The second-order valence-electron chi connectivity index (χ2n) is 11.0. The summed E-state index contributed by atoms with van der Waals surface area (Å²) < 4.78 is 56.8. The van der Waals surface area contributed by atoms with Crippen LogP contribution in [-0.4, -0.2) is 49.5 Å². The van der Waals surface area contributed by atoms with Gasteiger partial charge in [0.1, 0.15) is 23.1 Å². The van der Waals surface area contributed by atoms with Crippen molar-refractivity contribution in [2.75, 3.05) is 41.9 Å². The fourth-order valence-electron chi connectivity index (χ4n) is 5.24. The molecular formula is C30H35F3N4O2. The van der Waals surface area contributed by atoms with Crippen LogP contribution in [0, 0.1) is 17.5 Å². The fourth-order valence-corrected chi connectivity index (χ4v) is 5.24. The number of halogens is 3. The summed E-state index contributed by atoms with van der Waals surface area (Å²) in [7, 11) is 1.85. The molecule has 9 heteroatoms. The average Bonchev–Trinajstić information content (AvgIpc) is 3.44. The van der Waals surface area contributed by atoms with E-state index >= 15 is 8.78 Å². The molecular weight excluding hydrogens is 505 g/mol. The molecule has 1 N–H and O–H groups in total. The molecule has 0 spiro atoms. The van der Waals surface area contributed by atoms with Crippen LogP contribution in [0.1, 0.15) is 40.5 Å². The molecule has 39 heavy (non-hydrogen) atoms. The Kier molecular flexibility index (Phi) is 7.37. The number of anilines is 4. The van der Waals surface area contributed by atoms with E-state index in [2.05, 4.69) is 29.0 Å². The van der Waals surface area contributed by atoms with Crippen LogP contribution in [-0.2, 0) is 4.74 Å². The number of rotatable bonds is 7. The van der Waals surface area contributed by atoms with Gasteiger partial charge in [-0.3, -0.25) is 0 Å². The average molecular weight is 541 g/mol. The summed E-state index contributed by atoms with van der Waals surface area (Å²) in [5.41, 5.74) is 1.52. The highest BCUT2D eigenvalue weighted by atomic mass is 19.1. The van der Waals surface area contributed by atoms with E-state index in [4.69, 9.17) is 9.47 Å². The molecule has 2 atom stereocenters. The normalized spacial score (nSPS) is 18.9. The minimum atomic E-state index is -0.589. The van der Waals surface area contributed by atoms with Gasteiger partial charge in [0.25, 0.3) is 0 Å². The molecule has 2 aliphatic rings. The van der Waals surface area contributed by atoms with Gasteiger partial charge in [0.05, 0.1) is 36.8 Å². The molecule has 1 aromatic heterocycles. The third-order valence-electron chi connectivity index (χ3n) is 7.61. The topological polar surface area (TPSA) is 49.9 Å². The lowest BCUT2D eigenvalue weighted by Crippen LogP contribution is -2.50. The van der Waals surface area contributed by atoms with Crippen LogP contribution >= 0.6 is 0 Å². The van der Waals surface area contributed by atoms with E-state index in [1.165, 1.54) is 18.2 Å². The second kappa shape index (κ2) is 10.6. The van der Waals surface area contributed by atoms with Crippen molar-refractivity contribution < 1.29 is 22.6 Å². The van der Waals surface area contributed by atoms with Crippen LogP contribution < -0.4 is 19.9 Å². The third-order valence-corrected chi connectivity index (χ3v) is 7.61. The van der Waals surface area contributed by atoms with Crippen molar-refractivity contribution in [3.63, 3.8) is 0 Å². The Morgan fingerprint density at radius 3 is 2.62 bits per heavy atom. The lowest BCUT2D eigenvalue weighted by Gasteiger charge is -2.44. The van der Waals surface area contributed by atoms with Gasteiger partial charge in [0, 0.05) is 30.9 Å². The van der Waals surface area contributed by atoms with Gasteiger partial charge in [-0.1, -0.05) is 6.92 Å². The minimum Gasteiger partial charge on any atom is -0.481 e. The van der Waals surface area contributed by atoms with E-state index in [9.17, 15) is 4.39 Å². The van der Waals surface area contributed by atoms with Crippen molar-refractivity contribution in [3.05, 3.63) is 60.0 Å². The van der Waals surface area contributed by atoms with Gasteiger partial charge >= 0.3 is 0 Å². The van der Waals surface area contributed by atoms with Crippen molar-refractivity contribution >= 4 is 22.9 Å². The van der Waals surface area contributed by atoms with Crippen molar-refractivity contribution in [1.29, 1.82) is 0 Å². The lowest BCUT2D eigenvalue weighted by atomic mass is 9.98. The van der Waals surface area contributed by atoms with E-state index in [1.807, 2.05) is 25.8 Å². The molecule has 6 nitrogen and oxygen atoms in total. The lowest BCUT2D eigenvalue weighted by molar-refractivity contribution is 0.0960. The maximum atomic E-state index is 15.4. The van der Waals surface area contributed by atoms with Crippen LogP contribution in [0.15, 0.2) is 42.6 Å². The molecule has 208 valence electrons. The van der Waals surface area contributed by atoms with Crippen LogP contribution in [0.5, 0.6) is 5.75 Å². The number of hydrogen-bond donors (Lipinski definition) is 1. The Labute approximate surface area is 227 Å². The molecule has 2 aromatic carbocycles. The molecule has 0 radical (unpaired) electrons. The van der Waals surface area contributed by atoms with Crippen molar-refractivity contribution in [2.24, 2.45) is 0 Å². The highest BCUT2D eigenvalue weighted by molar-refractivity contribution is 5.76. The van der Waals surface area contributed by atoms with E-state index < -0.39 is 17.2 Å². The first-order chi connectivity index (χ1) is 18.6. The molecule has 3 heterocycles. The van der Waals surface area contributed by atoms with Gasteiger partial charge in [-0.25, -0.2) is 18.2 Å². The smallest absolute Gasteiger partial charge is 0.179 e. The standard InChI is InChI=1S/C30H35F3N4O2/c1-6-18(2)37-17-30(3,4)39-29-24(32)11-19(12-27(29)37)22-14-28(34-15-25(22)33)35-20-7-8-26(23(31)13-20)36(5)21-9-10-38-16-21/h7-8,11-15,18,21H,6,9-10,16-17H2,1-5H3,(H,34,35). The number of nitrogens with one attached hydrogen (secondary N) is 1. The van der Waals surface area contributed by atoms with E-state index in [0.717, 1.165) is 19.0 Å². The monoisotopic (exact) mass is 540 g/mol. The molecule has 1 saturated heterocycles. The Balaban J connectivity index is 1.44. The first kappa shape index (κ1) is 27.1. The third kappa shape index (κ3) is 5.50. The molecule has 3 aromatic rings. The predicted octanol–water partition coefficient (Wildman–Crippen LogP) is 6.91. The van der Waals surface area contributed by atoms with E-state index in [0.29, 0.717) is 48.2 Å². The molecule has 0 aliphatic carbocycles. The minimum absolute atomic E-state index is 0.129. The van der Waals surface area contributed by atoms with Crippen molar-refractivity contribution in [2.45, 2.75) is 58.2 Å². The number of pyridine rings is 1. The van der Waals surface area contributed by atoms with E-state index in [1.54, 1.807) is 18.2 Å². The van der Waals surface area contributed by atoms with Crippen LogP contribution in [0.2, 0.25) is 0 Å². The second-order valence-corrected chi connectivity index (χ2v) is 11.0. The number of ether oxygens (including phenoxy) is 2. The van der Waals surface area contributed by atoms with Gasteiger partial charge < -0.3 is 24.6 Å². The van der Waals surface area contributed by atoms with E-state index in [-0.39, 0.29) is 29.2 Å². The number of hydrogen-bond acceptors (Lipinski definition) is 6.